The molecule has 0 unspecified atom stereocenters. The normalized spacial score (nSPS) is 13.6. The highest BCUT2D eigenvalue weighted by Crippen LogP contribution is 2.29. The van der Waals surface area contributed by atoms with Gasteiger partial charge in [0, 0.05) is 35.7 Å². The van der Waals surface area contributed by atoms with Gasteiger partial charge in [-0.1, -0.05) is 6.42 Å². The van der Waals surface area contributed by atoms with Crippen molar-refractivity contribution in [3.8, 4) is 17.1 Å². The maximum Gasteiger partial charge on any atom is 0.228 e. The zero-order valence-corrected chi connectivity index (χ0v) is 17.7. The number of nitrogens with one attached hydrogen (secondary N) is 1. The first-order chi connectivity index (χ1) is 15.6. The van der Waals surface area contributed by atoms with E-state index in [-0.39, 0.29) is 12.3 Å². The molecule has 1 aliphatic heterocycles. The molecule has 0 saturated heterocycles. The number of aryl methyl sites for hydroxylation is 1. The molecule has 164 valence electrons. The van der Waals surface area contributed by atoms with Crippen molar-refractivity contribution in [2.45, 2.75) is 38.6 Å². The number of hydrogen-bond acceptors (Lipinski definition) is 5. The number of fused-ring (bicyclic) bond motifs is 2. The van der Waals surface area contributed by atoms with Crippen molar-refractivity contribution in [3.05, 3.63) is 59.9 Å². The largest absolute Gasteiger partial charge is 0.497 e. The summed E-state index contributed by atoms with van der Waals surface area (Å²) in [6, 6.07) is 10.00. The Hall–Kier alpha value is -3.68. The van der Waals surface area contributed by atoms with Crippen molar-refractivity contribution >= 4 is 22.6 Å². The third-order valence-corrected chi connectivity index (χ3v) is 5.81. The number of ether oxygens (including phenoxy) is 1. The zero-order chi connectivity index (χ0) is 22.1. The van der Waals surface area contributed by atoms with Crippen LogP contribution < -0.4 is 10.1 Å². The molecule has 5 rings (SSSR count). The summed E-state index contributed by atoms with van der Waals surface area (Å²) >= 11 is 0. The number of aromatic nitrogens is 3. The Balaban J connectivity index is 1.36. The smallest absolute Gasteiger partial charge is 0.228 e. The fourth-order valence-corrected chi connectivity index (χ4v) is 4.16. The quantitative estimate of drug-likeness (QED) is 0.490. The predicted molar refractivity (Wildman–Crippen MR) is 118 cm³/mol. The van der Waals surface area contributed by atoms with Crippen LogP contribution in [0.25, 0.3) is 22.4 Å². The maximum atomic E-state index is 14.7. The number of methoxy groups -OCH3 is 1. The van der Waals surface area contributed by atoms with E-state index in [0.29, 0.717) is 28.4 Å². The average Bonchev–Trinajstić information content (AvgIpc) is 3.30. The summed E-state index contributed by atoms with van der Waals surface area (Å²) < 4.78 is 27.4. The van der Waals surface area contributed by atoms with Crippen LogP contribution in [-0.4, -0.2) is 27.8 Å². The van der Waals surface area contributed by atoms with E-state index >= 15 is 0 Å². The third-order valence-electron chi connectivity index (χ3n) is 5.81. The molecule has 0 fully saturated rings. The lowest BCUT2D eigenvalue weighted by Crippen LogP contribution is -2.14. The van der Waals surface area contributed by atoms with Crippen molar-refractivity contribution in [2.75, 3.05) is 12.4 Å². The Bertz CT molecular complexity index is 1290. The van der Waals surface area contributed by atoms with E-state index in [0.717, 1.165) is 49.0 Å². The fourth-order valence-electron chi connectivity index (χ4n) is 4.16. The van der Waals surface area contributed by atoms with Crippen LogP contribution >= 0.6 is 0 Å². The first-order valence-corrected chi connectivity index (χ1v) is 10.7. The van der Waals surface area contributed by atoms with Crippen molar-refractivity contribution in [3.63, 3.8) is 0 Å². The lowest BCUT2D eigenvalue weighted by molar-refractivity contribution is -0.115. The van der Waals surface area contributed by atoms with E-state index in [1.807, 2.05) is 16.7 Å². The molecule has 3 heterocycles. The highest BCUT2D eigenvalue weighted by molar-refractivity contribution is 5.95. The molecule has 7 nitrogen and oxygen atoms in total. The van der Waals surface area contributed by atoms with Gasteiger partial charge in [-0.05, 0) is 43.2 Å². The van der Waals surface area contributed by atoms with Gasteiger partial charge in [-0.2, -0.15) is 0 Å². The minimum absolute atomic E-state index is 0.131. The molecule has 0 aliphatic carbocycles. The third kappa shape index (κ3) is 3.84. The molecule has 1 amide bonds. The topological polar surface area (TPSA) is 82.2 Å². The lowest BCUT2D eigenvalue weighted by atomic mass is 10.1. The zero-order valence-electron chi connectivity index (χ0n) is 17.7. The number of hydrogen-bond donors (Lipinski definition) is 1. The SMILES string of the molecule is COc1ccc2c(CC(=O)Nc3ccc(F)c(-c4nnc5n4CCCCC5)c3)coc2c1. The number of anilines is 1. The molecular formula is C24H23FN4O3. The number of rotatable bonds is 5. The van der Waals surface area contributed by atoms with Gasteiger partial charge in [0.1, 0.15) is 23.0 Å². The molecule has 4 aromatic rings. The molecule has 0 saturated carbocycles. The van der Waals surface area contributed by atoms with Gasteiger partial charge in [0.2, 0.25) is 5.91 Å². The Labute approximate surface area is 184 Å². The monoisotopic (exact) mass is 434 g/mol. The number of carbonyl (C=O) groups is 1. The Morgan fingerprint density at radius 1 is 1.19 bits per heavy atom. The number of amides is 1. The second-order valence-electron chi connectivity index (χ2n) is 7.94. The molecular weight excluding hydrogens is 411 g/mol. The molecule has 2 aromatic heterocycles. The van der Waals surface area contributed by atoms with Crippen molar-refractivity contribution in [1.82, 2.24) is 14.8 Å². The molecule has 0 spiro atoms. The fraction of sp³-hybridized carbons (Fsp3) is 0.292. The van der Waals surface area contributed by atoms with E-state index in [1.54, 1.807) is 31.6 Å². The Kier molecular flexibility index (Phi) is 5.34. The number of nitrogens with zero attached hydrogens (tertiary/aromatic N) is 3. The van der Waals surface area contributed by atoms with Gasteiger partial charge in [-0.3, -0.25) is 4.79 Å². The van der Waals surface area contributed by atoms with E-state index in [9.17, 15) is 9.18 Å². The number of furan rings is 1. The molecule has 1 N–H and O–H groups in total. The Morgan fingerprint density at radius 3 is 2.97 bits per heavy atom. The summed E-state index contributed by atoms with van der Waals surface area (Å²) in [5.41, 5.74) is 2.27. The van der Waals surface area contributed by atoms with E-state index in [1.165, 1.54) is 6.07 Å². The molecule has 8 heteroatoms. The molecule has 1 aliphatic rings. The van der Waals surface area contributed by atoms with Gasteiger partial charge >= 0.3 is 0 Å². The van der Waals surface area contributed by atoms with Crippen LogP contribution in [0, 0.1) is 5.82 Å². The second kappa shape index (κ2) is 8.45. The summed E-state index contributed by atoms with van der Waals surface area (Å²) in [7, 11) is 1.59. The standard InChI is InChI=1S/C24H23FN4O3/c1-31-17-7-8-18-15(14-32-21(18)13-17)11-23(30)26-16-6-9-20(25)19(12-16)24-28-27-22-5-3-2-4-10-29(22)24/h6-9,12-14H,2-5,10-11H2,1H3,(H,26,30). The van der Waals surface area contributed by atoms with Crippen LogP contribution in [0.3, 0.4) is 0 Å². The molecule has 0 bridgehead atoms. The lowest BCUT2D eigenvalue weighted by Gasteiger charge is -2.10. The van der Waals surface area contributed by atoms with E-state index in [2.05, 4.69) is 15.5 Å². The highest BCUT2D eigenvalue weighted by atomic mass is 19.1. The molecule has 2 aromatic carbocycles. The summed E-state index contributed by atoms with van der Waals surface area (Å²) in [6.45, 7) is 0.770. The molecule has 32 heavy (non-hydrogen) atoms. The predicted octanol–water partition coefficient (Wildman–Crippen LogP) is 4.75. The Morgan fingerprint density at radius 2 is 2.09 bits per heavy atom. The summed E-state index contributed by atoms with van der Waals surface area (Å²) in [5.74, 6) is 1.46. The first kappa shape index (κ1) is 20.2. The minimum Gasteiger partial charge on any atom is -0.497 e. The van der Waals surface area contributed by atoms with Crippen LogP contribution in [-0.2, 0) is 24.2 Å². The number of benzene rings is 2. The van der Waals surface area contributed by atoms with Crippen molar-refractivity contribution < 1.29 is 18.3 Å². The van der Waals surface area contributed by atoms with Crippen LogP contribution in [0.4, 0.5) is 10.1 Å². The van der Waals surface area contributed by atoms with Gasteiger partial charge in [0.25, 0.3) is 0 Å². The van der Waals surface area contributed by atoms with Gasteiger partial charge in [0.15, 0.2) is 5.82 Å². The summed E-state index contributed by atoms with van der Waals surface area (Å²) in [4.78, 5) is 12.7. The highest BCUT2D eigenvalue weighted by Gasteiger charge is 2.19. The molecule has 0 radical (unpaired) electrons. The van der Waals surface area contributed by atoms with Crippen LogP contribution in [0.2, 0.25) is 0 Å². The molecule has 0 atom stereocenters. The summed E-state index contributed by atoms with van der Waals surface area (Å²) in [6.07, 6.45) is 5.75. The minimum atomic E-state index is -0.391. The maximum absolute atomic E-state index is 14.7. The summed E-state index contributed by atoms with van der Waals surface area (Å²) in [5, 5.41) is 12.2. The van der Waals surface area contributed by atoms with Crippen LogP contribution in [0.15, 0.2) is 47.1 Å². The van der Waals surface area contributed by atoms with E-state index in [4.69, 9.17) is 9.15 Å². The van der Waals surface area contributed by atoms with Gasteiger partial charge in [0.05, 0.1) is 25.4 Å². The van der Waals surface area contributed by atoms with E-state index < -0.39 is 5.82 Å². The first-order valence-electron chi connectivity index (χ1n) is 10.7. The van der Waals surface area contributed by atoms with Gasteiger partial charge < -0.3 is 19.0 Å². The second-order valence-corrected chi connectivity index (χ2v) is 7.94. The van der Waals surface area contributed by atoms with Gasteiger partial charge in [-0.15, -0.1) is 10.2 Å². The average molecular weight is 434 g/mol. The van der Waals surface area contributed by atoms with Crippen molar-refractivity contribution in [2.24, 2.45) is 0 Å². The number of halogens is 1. The van der Waals surface area contributed by atoms with Gasteiger partial charge in [-0.25, -0.2) is 4.39 Å². The van der Waals surface area contributed by atoms with Crippen LogP contribution in [0.5, 0.6) is 5.75 Å². The van der Waals surface area contributed by atoms with Crippen LogP contribution in [0.1, 0.15) is 30.7 Å². The van der Waals surface area contributed by atoms with Crippen molar-refractivity contribution in [1.29, 1.82) is 0 Å². The number of carbonyl (C=O) groups excluding carboxylic acids is 1.